The van der Waals surface area contributed by atoms with E-state index in [9.17, 15) is 23.1 Å². The number of alkyl carbamates (subject to hydrolysis) is 1. The van der Waals surface area contributed by atoms with E-state index in [4.69, 9.17) is 14.3 Å². The van der Waals surface area contributed by atoms with Crippen LogP contribution in [0.15, 0.2) is 94.2 Å². The van der Waals surface area contributed by atoms with Crippen LogP contribution < -0.4 is 10.5 Å². The molecule has 4 aromatic rings. The number of nitrogens with zero attached hydrogens (tertiary/aromatic N) is 1. The minimum atomic E-state index is -3.86. The maximum absolute atomic E-state index is 12.2. The zero-order valence-electron chi connectivity index (χ0n) is 20.1. The maximum Gasteiger partial charge on any atom is 0.408 e. The smallest absolute Gasteiger partial charge is 0.408 e. The molecule has 196 valence electrons. The van der Waals surface area contributed by atoms with Gasteiger partial charge in [-0.15, -0.1) is 0 Å². The summed E-state index contributed by atoms with van der Waals surface area (Å²) < 4.78 is 34.4. The van der Waals surface area contributed by atoms with Gasteiger partial charge in [-0.1, -0.05) is 60.7 Å². The predicted molar refractivity (Wildman–Crippen MR) is 138 cm³/mol. The van der Waals surface area contributed by atoms with E-state index >= 15 is 0 Å². The number of hydrogen-bond donors (Lipinski definition) is 3. The monoisotopic (exact) mass is 535 g/mol. The molecule has 0 aliphatic carbocycles. The summed E-state index contributed by atoms with van der Waals surface area (Å²) in [6, 6.07) is 22.8. The normalized spacial score (nSPS) is 12.0. The van der Waals surface area contributed by atoms with Crippen LogP contribution >= 0.6 is 0 Å². The average Bonchev–Trinajstić information content (AvgIpc) is 3.35. The van der Waals surface area contributed by atoms with Gasteiger partial charge < -0.3 is 19.6 Å². The molecular formula is C27H25N3O7S. The lowest BCUT2D eigenvalue weighted by molar-refractivity contribution is -0.139. The van der Waals surface area contributed by atoms with Gasteiger partial charge in [-0.2, -0.15) is 0 Å². The third kappa shape index (κ3) is 6.84. The van der Waals surface area contributed by atoms with E-state index in [2.05, 4.69) is 10.3 Å². The minimum absolute atomic E-state index is 0.00565. The van der Waals surface area contributed by atoms with Crippen molar-refractivity contribution in [2.75, 3.05) is 0 Å². The number of ether oxygens (including phenoxy) is 1. The molecule has 1 amide bonds. The number of primary sulfonamides is 1. The lowest BCUT2D eigenvalue weighted by atomic mass is 10.1. The molecule has 1 aromatic heterocycles. The number of nitrogens with two attached hydrogens (primary N) is 1. The first-order chi connectivity index (χ1) is 18.2. The van der Waals surface area contributed by atoms with Gasteiger partial charge in [0.25, 0.3) is 0 Å². The molecule has 1 atom stereocenters. The van der Waals surface area contributed by atoms with Crippen LogP contribution in [0.25, 0.3) is 22.6 Å². The fraction of sp³-hybridized carbons (Fsp3) is 0.148. The predicted octanol–water partition coefficient (Wildman–Crippen LogP) is 3.97. The number of sulfonamides is 1. The third-order valence-electron chi connectivity index (χ3n) is 5.61. The van der Waals surface area contributed by atoms with Gasteiger partial charge >= 0.3 is 12.1 Å². The third-order valence-corrected chi connectivity index (χ3v) is 6.54. The zero-order valence-corrected chi connectivity index (χ0v) is 20.9. The lowest BCUT2D eigenvalue weighted by Crippen LogP contribution is -2.41. The molecule has 0 saturated heterocycles. The molecule has 1 heterocycles. The number of benzene rings is 3. The maximum atomic E-state index is 12.2. The summed E-state index contributed by atoms with van der Waals surface area (Å²) in [5, 5.41) is 17.2. The van der Waals surface area contributed by atoms with Gasteiger partial charge in [0.2, 0.25) is 10.0 Å². The second kappa shape index (κ2) is 11.7. The number of oxazole rings is 1. The molecule has 10 nitrogen and oxygen atoms in total. The van der Waals surface area contributed by atoms with Crippen molar-refractivity contribution in [2.24, 2.45) is 5.14 Å². The van der Waals surface area contributed by atoms with E-state index in [1.807, 2.05) is 36.4 Å². The van der Waals surface area contributed by atoms with Crippen LogP contribution in [0, 0.1) is 0 Å². The first-order valence-electron chi connectivity index (χ1n) is 11.6. The summed E-state index contributed by atoms with van der Waals surface area (Å²) in [4.78, 5) is 28.5. The van der Waals surface area contributed by atoms with Gasteiger partial charge in [0, 0.05) is 17.5 Å². The van der Waals surface area contributed by atoms with Crippen LogP contribution in [0.1, 0.15) is 17.9 Å². The summed E-state index contributed by atoms with van der Waals surface area (Å²) in [5.41, 5.74) is 2.59. The SMILES string of the molecule is NS(=O)(=O)c1ccc(-c2oc(CCC(NC(=O)OCc3ccccc3)C(=O)O)nc2-c2ccccc2)cc1. The van der Waals surface area contributed by atoms with Crippen molar-refractivity contribution in [1.82, 2.24) is 10.3 Å². The van der Waals surface area contributed by atoms with Crippen LogP contribution in [-0.2, 0) is 32.6 Å². The number of aromatic nitrogens is 1. The molecule has 11 heteroatoms. The summed E-state index contributed by atoms with van der Waals surface area (Å²) in [6.45, 7) is 0.00674. The van der Waals surface area contributed by atoms with Crippen molar-refractivity contribution in [1.29, 1.82) is 0 Å². The molecule has 0 fully saturated rings. The average molecular weight is 536 g/mol. The van der Waals surface area contributed by atoms with Gasteiger partial charge in [-0.25, -0.2) is 28.1 Å². The highest BCUT2D eigenvalue weighted by Crippen LogP contribution is 2.33. The second-order valence-corrected chi connectivity index (χ2v) is 9.92. The van der Waals surface area contributed by atoms with Crippen molar-refractivity contribution < 1.29 is 32.3 Å². The molecule has 38 heavy (non-hydrogen) atoms. The van der Waals surface area contributed by atoms with Gasteiger partial charge in [-0.05, 0) is 36.2 Å². The second-order valence-electron chi connectivity index (χ2n) is 8.36. The van der Waals surface area contributed by atoms with E-state index in [0.29, 0.717) is 17.0 Å². The molecular weight excluding hydrogens is 510 g/mol. The molecule has 4 rings (SSSR count). The molecule has 0 radical (unpaired) electrons. The largest absolute Gasteiger partial charge is 0.480 e. The zero-order chi connectivity index (χ0) is 27.1. The Kier molecular flexibility index (Phi) is 8.19. The standard InChI is InChI=1S/C27H25N3O7S/c28-38(34,35)21-13-11-20(12-14-21)25-24(19-9-5-2-6-10-19)30-23(37-25)16-15-22(26(31)32)29-27(33)36-17-18-7-3-1-4-8-18/h1-14,22H,15-17H2,(H,29,33)(H,31,32)(H2,28,34,35). The molecule has 3 aromatic carbocycles. The number of nitrogens with one attached hydrogen (secondary N) is 1. The molecule has 0 aliphatic heterocycles. The summed E-state index contributed by atoms with van der Waals surface area (Å²) in [6.07, 6.45) is -0.756. The molecule has 4 N–H and O–H groups in total. The Bertz CT molecular complexity index is 1500. The van der Waals surface area contributed by atoms with E-state index < -0.39 is 28.1 Å². The molecule has 0 spiro atoms. The lowest BCUT2D eigenvalue weighted by Gasteiger charge is -2.13. The minimum Gasteiger partial charge on any atom is -0.480 e. The van der Waals surface area contributed by atoms with Crippen molar-refractivity contribution in [3.05, 3.63) is 96.4 Å². The van der Waals surface area contributed by atoms with E-state index in [1.165, 1.54) is 12.1 Å². The van der Waals surface area contributed by atoms with E-state index in [1.54, 1.807) is 36.4 Å². The fourth-order valence-electron chi connectivity index (χ4n) is 3.69. The van der Waals surface area contributed by atoms with Crippen molar-refractivity contribution in [3.63, 3.8) is 0 Å². The number of aliphatic carboxylic acids is 1. The summed E-state index contributed by atoms with van der Waals surface area (Å²) >= 11 is 0. The number of carboxylic acid groups (broad SMARTS) is 1. The Hall–Kier alpha value is -4.48. The van der Waals surface area contributed by atoms with Crippen molar-refractivity contribution >= 4 is 22.1 Å². The van der Waals surface area contributed by atoms with Crippen molar-refractivity contribution in [2.45, 2.75) is 30.4 Å². The number of hydrogen-bond acceptors (Lipinski definition) is 7. The number of carbonyl (C=O) groups excluding carboxylic acids is 1. The highest BCUT2D eigenvalue weighted by atomic mass is 32.2. The summed E-state index contributed by atoms with van der Waals surface area (Å²) in [7, 11) is -3.86. The Morgan fingerprint density at radius 3 is 2.18 bits per heavy atom. The molecule has 0 saturated carbocycles. The number of carboxylic acids is 1. The Labute approximate surface area is 219 Å². The van der Waals surface area contributed by atoms with Gasteiger partial charge in [0.15, 0.2) is 11.7 Å². The highest BCUT2D eigenvalue weighted by molar-refractivity contribution is 7.89. The first-order valence-corrected chi connectivity index (χ1v) is 13.1. The van der Waals surface area contributed by atoms with Crippen LogP contribution in [0.5, 0.6) is 0 Å². The van der Waals surface area contributed by atoms with E-state index in [-0.39, 0.29) is 30.2 Å². The number of aryl methyl sites for hydroxylation is 1. The molecule has 0 aliphatic rings. The van der Waals surface area contributed by atoms with Gasteiger partial charge in [0.05, 0.1) is 4.90 Å². The quantitative estimate of drug-likeness (QED) is 0.275. The fourth-order valence-corrected chi connectivity index (χ4v) is 4.20. The van der Waals surface area contributed by atoms with Crippen LogP contribution in [0.3, 0.4) is 0 Å². The van der Waals surface area contributed by atoms with Crippen LogP contribution in [-0.4, -0.2) is 36.6 Å². The van der Waals surface area contributed by atoms with Gasteiger partial charge in [0.1, 0.15) is 18.3 Å². The molecule has 0 bridgehead atoms. The first kappa shape index (κ1) is 26.6. The Balaban J connectivity index is 1.50. The Morgan fingerprint density at radius 2 is 1.58 bits per heavy atom. The van der Waals surface area contributed by atoms with Gasteiger partial charge in [-0.3, -0.25) is 0 Å². The van der Waals surface area contributed by atoms with Crippen molar-refractivity contribution in [3.8, 4) is 22.6 Å². The number of amides is 1. The number of rotatable bonds is 10. The van der Waals surface area contributed by atoms with Crippen LogP contribution in [0.2, 0.25) is 0 Å². The van der Waals surface area contributed by atoms with E-state index in [0.717, 1.165) is 11.1 Å². The Morgan fingerprint density at radius 1 is 0.947 bits per heavy atom. The highest BCUT2D eigenvalue weighted by Gasteiger charge is 2.23. The van der Waals surface area contributed by atoms with Crippen LogP contribution in [0.4, 0.5) is 4.79 Å². The molecule has 1 unspecified atom stereocenters. The topological polar surface area (TPSA) is 162 Å². The summed E-state index contributed by atoms with van der Waals surface area (Å²) in [5.74, 6) is -0.593. The number of carbonyl (C=O) groups is 2.